The fourth-order valence-electron chi connectivity index (χ4n) is 4.00. The Bertz CT molecular complexity index is 664. The van der Waals surface area contributed by atoms with E-state index in [2.05, 4.69) is 47.3 Å². The number of benzene rings is 1. The van der Waals surface area contributed by atoms with Crippen molar-refractivity contribution in [1.29, 1.82) is 0 Å². The fourth-order valence-corrected chi connectivity index (χ4v) is 5.07. The minimum Gasteiger partial charge on any atom is -0.326 e. The lowest BCUT2D eigenvalue weighted by Gasteiger charge is -2.39. The van der Waals surface area contributed by atoms with Crippen molar-refractivity contribution in [2.24, 2.45) is 0 Å². The molecule has 0 radical (unpaired) electrons. The molecule has 0 amide bonds. The van der Waals surface area contributed by atoms with Crippen LogP contribution in [0.1, 0.15) is 25.7 Å². The monoisotopic (exact) mass is 340 g/mol. The lowest BCUT2D eigenvalue weighted by molar-refractivity contribution is -0.914. The van der Waals surface area contributed by atoms with Crippen molar-refractivity contribution in [3.05, 3.63) is 42.6 Å². The molecule has 0 unspecified atom stereocenters. The zero-order valence-corrected chi connectivity index (χ0v) is 15.3. The molecule has 0 N–H and O–H groups in total. The van der Waals surface area contributed by atoms with Gasteiger partial charge in [0.25, 0.3) is 0 Å². The number of likely N-dealkylation sites (tertiary alicyclic amines) is 1. The van der Waals surface area contributed by atoms with Crippen LogP contribution in [0.4, 0.5) is 11.5 Å². The van der Waals surface area contributed by atoms with E-state index in [0.29, 0.717) is 0 Å². The van der Waals surface area contributed by atoms with Gasteiger partial charge in [-0.15, -0.1) is 0 Å². The van der Waals surface area contributed by atoms with Gasteiger partial charge >= 0.3 is 0 Å². The van der Waals surface area contributed by atoms with E-state index in [4.69, 9.17) is 0 Å². The highest BCUT2D eigenvalue weighted by atomic mass is 32.2. The van der Waals surface area contributed by atoms with Crippen LogP contribution in [0.3, 0.4) is 0 Å². The van der Waals surface area contributed by atoms with Crippen molar-refractivity contribution < 1.29 is 4.48 Å². The van der Waals surface area contributed by atoms with Gasteiger partial charge in [0.15, 0.2) is 0 Å². The zero-order valence-electron chi connectivity index (χ0n) is 14.4. The van der Waals surface area contributed by atoms with Crippen molar-refractivity contribution in [3.63, 3.8) is 0 Å². The molecule has 0 atom stereocenters. The third kappa shape index (κ3) is 3.17. The molecule has 4 rings (SSSR count). The zero-order chi connectivity index (χ0) is 16.4. The normalized spacial score (nSPS) is 18.8. The molecule has 2 aromatic rings. The van der Waals surface area contributed by atoms with Crippen LogP contribution in [-0.4, -0.2) is 42.7 Å². The van der Waals surface area contributed by atoms with E-state index in [-0.39, 0.29) is 0 Å². The summed E-state index contributed by atoms with van der Waals surface area (Å²) in [5.74, 6) is 1.13. The van der Waals surface area contributed by atoms with Gasteiger partial charge in [-0.2, -0.15) is 0 Å². The van der Waals surface area contributed by atoms with Crippen LogP contribution in [0.25, 0.3) is 0 Å². The van der Waals surface area contributed by atoms with Gasteiger partial charge in [0.05, 0.1) is 37.3 Å². The lowest BCUT2D eigenvalue weighted by atomic mass is 10.1. The second-order valence-corrected chi connectivity index (χ2v) is 8.33. The smallest absolute Gasteiger partial charge is 0.147 e. The van der Waals surface area contributed by atoms with Gasteiger partial charge in [0.2, 0.25) is 0 Å². The summed E-state index contributed by atoms with van der Waals surface area (Å²) >= 11 is 1.84. The standard InChI is InChI=1S/C20H26N3S/c1-23(14-5-2-6-15-23)16-8-13-22-17-9-3-4-10-18(17)24-19-11-7-12-21-20(19)22/h3-4,7,9-12H,2,5-6,8,13-16H2,1H3/q+1. The Morgan fingerprint density at radius 3 is 2.71 bits per heavy atom. The number of nitrogens with zero attached hydrogens (tertiary/aromatic N) is 3. The van der Waals surface area contributed by atoms with Crippen molar-refractivity contribution >= 4 is 23.3 Å². The number of anilines is 2. The lowest BCUT2D eigenvalue weighted by Crippen LogP contribution is -2.49. The van der Waals surface area contributed by atoms with Gasteiger partial charge in [-0.1, -0.05) is 23.9 Å². The number of fused-ring (bicyclic) bond motifs is 2. The number of para-hydroxylation sites is 1. The highest BCUT2D eigenvalue weighted by Crippen LogP contribution is 2.46. The van der Waals surface area contributed by atoms with Gasteiger partial charge in [-0.05, 0) is 43.5 Å². The van der Waals surface area contributed by atoms with E-state index < -0.39 is 0 Å². The predicted octanol–water partition coefficient (Wildman–Crippen LogP) is 4.70. The first-order valence-electron chi connectivity index (χ1n) is 9.08. The Morgan fingerprint density at radius 2 is 1.83 bits per heavy atom. The van der Waals surface area contributed by atoms with E-state index in [0.717, 1.165) is 12.4 Å². The summed E-state index contributed by atoms with van der Waals surface area (Å²) in [4.78, 5) is 9.73. The van der Waals surface area contributed by atoms with Crippen LogP contribution in [0, 0.1) is 0 Å². The molecule has 0 aliphatic carbocycles. The van der Waals surface area contributed by atoms with Crippen molar-refractivity contribution in [1.82, 2.24) is 4.98 Å². The number of hydrogen-bond donors (Lipinski definition) is 0. The maximum Gasteiger partial charge on any atom is 0.147 e. The Balaban J connectivity index is 1.52. The van der Waals surface area contributed by atoms with Crippen LogP contribution < -0.4 is 4.90 Å². The largest absolute Gasteiger partial charge is 0.326 e. The summed E-state index contributed by atoms with van der Waals surface area (Å²) in [5, 5.41) is 0. The number of aromatic nitrogens is 1. The SMILES string of the molecule is C[N+]1(CCCN2c3ccccc3Sc3cccnc32)CCCCC1. The molecule has 126 valence electrons. The van der Waals surface area contributed by atoms with Crippen molar-refractivity contribution in [3.8, 4) is 0 Å². The van der Waals surface area contributed by atoms with Gasteiger partial charge < -0.3 is 9.38 Å². The van der Waals surface area contributed by atoms with E-state index in [1.54, 1.807) is 0 Å². The van der Waals surface area contributed by atoms with Gasteiger partial charge in [-0.3, -0.25) is 0 Å². The number of pyridine rings is 1. The Hall–Kier alpha value is -1.52. The molecule has 3 heterocycles. The molecule has 0 bridgehead atoms. The molecule has 1 fully saturated rings. The average molecular weight is 341 g/mol. The maximum absolute atomic E-state index is 4.68. The van der Waals surface area contributed by atoms with Gasteiger partial charge in [0, 0.05) is 24.1 Å². The Labute approximate surface area is 149 Å². The molecule has 4 heteroatoms. The third-order valence-electron chi connectivity index (χ3n) is 5.36. The van der Waals surface area contributed by atoms with Crippen LogP contribution in [0.15, 0.2) is 52.4 Å². The fraction of sp³-hybridized carbons (Fsp3) is 0.450. The highest BCUT2D eigenvalue weighted by Gasteiger charge is 2.27. The van der Waals surface area contributed by atoms with Gasteiger partial charge in [-0.25, -0.2) is 4.98 Å². The summed E-state index contributed by atoms with van der Waals surface area (Å²) < 4.78 is 1.25. The molecule has 2 aliphatic heterocycles. The average Bonchev–Trinajstić information content (AvgIpc) is 2.61. The predicted molar refractivity (Wildman–Crippen MR) is 101 cm³/mol. The Morgan fingerprint density at radius 1 is 1.04 bits per heavy atom. The Kier molecular flexibility index (Phi) is 4.51. The minimum absolute atomic E-state index is 1.05. The first-order chi connectivity index (χ1) is 11.8. The van der Waals surface area contributed by atoms with Crippen LogP contribution in [0.5, 0.6) is 0 Å². The number of piperidine rings is 1. The molecular weight excluding hydrogens is 314 g/mol. The quantitative estimate of drug-likeness (QED) is 0.750. The second-order valence-electron chi connectivity index (χ2n) is 7.25. The summed E-state index contributed by atoms with van der Waals surface area (Å²) in [7, 11) is 2.44. The molecule has 1 saturated heterocycles. The molecule has 0 saturated carbocycles. The topological polar surface area (TPSA) is 16.1 Å². The van der Waals surface area contributed by atoms with Crippen molar-refractivity contribution in [2.45, 2.75) is 35.5 Å². The van der Waals surface area contributed by atoms with E-state index in [1.165, 1.54) is 65.3 Å². The summed E-state index contributed by atoms with van der Waals surface area (Å²) in [5.41, 5.74) is 1.31. The summed E-state index contributed by atoms with van der Waals surface area (Å²) in [6.07, 6.45) is 7.33. The summed E-state index contributed by atoms with van der Waals surface area (Å²) in [6, 6.07) is 13.0. The highest BCUT2D eigenvalue weighted by molar-refractivity contribution is 7.99. The van der Waals surface area contributed by atoms with E-state index >= 15 is 0 Å². The van der Waals surface area contributed by atoms with Crippen LogP contribution in [-0.2, 0) is 0 Å². The molecular formula is C20H26N3S+. The summed E-state index contributed by atoms with van der Waals surface area (Å²) in [6.45, 7) is 5.02. The van der Waals surface area contributed by atoms with E-state index in [9.17, 15) is 0 Å². The van der Waals surface area contributed by atoms with Crippen molar-refractivity contribution in [2.75, 3.05) is 38.1 Å². The van der Waals surface area contributed by atoms with Gasteiger partial charge in [0.1, 0.15) is 5.82 Å². The molecule has 1 aromatic heterocycles. The number of quaternary nitrogens is 1. The van der Waals surface area contributed by atoms with E-state index in [1.807, 2.05) is 24.0 Å². The maximum atomic E-state index is 4.68. The molecule has 2 aliphatic rings. The third-order valence-corrected chi connectivity index (χ3v) is 6.46. The minimum atomic E-state index is 1.05. The molecule has 0 spiro atoms. The number of rotatable bonds is 4. The van der Waals surface area contributed by atoms with Crippen LogP contribution in [0.2, 0.25) is 0 Å². The molecule has 1 aromatic carbocycles. The first kappa shape index (κ1) is 16.0. The molecule has 24 heavy (non-hydrogen) atoms. The molecule has 3 nitrogen and oxygen atoms in total. The van der Waals surface area contributed by atoms with Crippen LogP contribution >= 0.6 is 11.8 Å². The first-order valence-corrected chi connectivity index (χ1v) is 9.90. The second kappa shape index (κ2) is 6.77. The number of hydrogen-bond acceptors (Lipinski definition) is 3.